The number of aliphatic hydroxyl groups is 1. The van der Waals surface area contributed by atoms with Gasteiger partial charge in [0.25, 0.3) is 0 Å². The number of ether oxygens (including phenoxy) is 2. The molecule has 0 amide bonds. The molecule has 0 bridgehead atoms. The predicted octanol–water partition coefficient (Wildman–Crippen LogP) is 5.22. The molecule has 2 N–H and O–H groups in total. The van der Waals surface area contributed by atoms with Gasteiger partial charge in [0.1, 0.15) is 23.1 Å². The van der Waals surface area contributed by atoms with E-state index in [4.69, 9.17) is 19.7 Å². The molecule has 0 unspecified atom stereocenters. The van der Waals surface area contributed by atoms with Crippen molar-refractivity contribution in [2.75, 3.05) is 32.7 Å². The Balaban J connectivity index is 1.62. The standard InChI is InChI=1S/C28H34N2O5S/c1-34-24-9-5-8-23(16-24)26-27(22-6-3-2-4-7-22)29-30(28(26)36-15-14-31)17-20-10-12-21(13-11-20)18-35-19-25(32)33/h2-9,16,20-21,31H,10-15,17-19H2,1H3,(H,32,33)/t20-,21+. The van der Waals surface area contributed by atoms with E-state index in [0.717, 1.165) is 65.4 Å². The molecule has 7 nitrogen and oxygen atoms in total. The number of hydrogen-bond donors (Lipinski definition) is 2. The smallest absolute Gasteiger partial charge is 0.329 e. The van der Waals surface area contributed by atoms with Crippen molar-refractivity contribution in [3.05, 3.63) is 54.6 Å². The van der Waals surface area contributed by atoms with Crippen LogP contribution in [0.15, 0.2) is 59.6 Å². The van der Waals surface area contributed by atoms with Gasteiger partial charge in [0, 0.05) is 23.4 Å². The molecule has 36 heavy (non-hydrogen) atoms. The molecule has 1 aliphatic rings. The number of aliphatic hydroxyl groups excluding tert-OH is 1. The summed E-state index contributed by atoms with van der Waals surface area (Å²) in [5.41, 5.74) is 4.09. The largest absolute Gasteiger partial charge is 0.497 e. The van der Waals surface area contributed by atoms with E-state index < -0.39 is 5.97 Å². The first-order chi connectivity index (χ1) is 17.6. The lowest BCUT2D eigenvalue weighted by atomic mass is 9.82. The third kappa shape index (κ3) is 6.69. The van der Waals surface area contributed by atoms with Crippen LogP contribution in [0.4, 0.5) is 0 Å². The molecule has 1 aliphatic carbocycles. The molecule has 1 saturated carbocycles. The van der Waals surface area contributed by atoms with Crippen LogP contribution >= 0.6 is 11.8 Å². The van der Waals surface area contributed by atoms with Crippen LogP contribution in [0.2, 0.25) is 0 Å². The van der Waals surface area contributed by atoms with E-state index in [1.54, 1.807) is 18.9 Å². The van der Waals surface area contributed by atoms with Gasteiger partial charge in [-0.2, -0.15) is 5.10 Å². The maximum Gasteiger partial charge on any atom is 0.329 e. The molecule has 192 valence electrons. The molecule has 4 rings (SSSR count). The Bertz CT molecular complexity index is 1130. The van der Waals surface area contributed by atoms with Crippen LogP contribution in [0.3, 0.4) is 0 Å². The first kappa shape index (κ1) is 26.3. The average molecular weight is 511 g/mol. The Morgan fingerprint density at radius 3 is 2.47 bits per heavy atom. The van der Waals surface area contributed by atoms with E-state index >= 15 is 0 Å². The quantitative estimate of drug-likeness (QED) is 0.323. The first-order valence-electron chi connectivity index (χ1n) is 12.4. The molecule has 0 spiro atoms. The van der Waals surface area contributed by atoms with Crippen LogP contribution < -0.4 is 4.74 Å². The van der Waals surface area contributed by atoms with Crippen LogP contribution in [0, 0.1) is 11.8 Å². The second-order valence-electron chi connectivity index (χ2n) is 9.18. The van der Waals surface area contributed by atoms with Gasteiger partial charge in [0.15, 0.2) is 0 Å². The van der Waals surface area contributed by atoms with Gasteiger partial charge in [-0.15, -0.1) is 11.8 Å². The number of hydrogen-bond acceptors (Lipinski definition) is 6. The van der Waals surface area contributed by atoms with Crippen molar-refractivity contribution in [3.8, 4) is 28.1 Å². The third-order valence-corrected chi connectivity index (χ3v) is 7.69. The minimum atomic E-state index is -0.920. The maximum absolute atomic E-state index is 10.7. The topological polar surface area (TPSA) is 93.8 Å². The lowest BCUT2D eigenvalue weighted by Crippen LogP contribution is -2.23. The van der Waals surface area contributed by atoms with Gasteiger partial charge in [-0.3, -0.25) is 4.68 Å². The molecule has 8 heteroatoms. The highest BCUT2D eigenvalue weighted by atomic mass is 32.2. The van der Waals surface area contributed by atoms with Gasteiger partial charge in [-0.1, -0.05) is 42.5 Å². The number of rotatable bonds is 12. The summed E-state index contributed by atoms with van der Waals surface area (Å²) in [5.74, 6) is 1.35. The minimum absolute atomic E-state index is 0.0928. The van der Waals surface area contributed by atoms with Crippen molar-refractivity contribution in [1.29, 1.82) is 0 Å². The lowest BCUT2D eigenvalue weighted by Gasteiger charge is -2.28. The first-order valence-corrected chi connectivity index (χ1v) is 13.4. The molecule has 2 aromatic carbocycles. The summed E-state index contributed by atoms with van der Waals surface area (Å²) in [6.07, 6.45) is 4.17. The summed E-state index contributed by atoms with van der Waals surface area (Å²) in [4.78, 5) is 10.7. The summed E-state index contributed by atoms with van der Waals surface area (Å²) in [5, 5.41) is 24.6. The van der Waals surface area contributed by atoms with Crippen LogP contribution in [-0.2, 0) is 16.1 Å². The van der Waals surface area contributed by atoms with Crippen LogP contribution in [-0.4, -0.2) is 58.6 Å². The Labute approximate surface area is 216 Å². The second kappa shape index (κ2) is 12.9. The summed E-state index contributed by atoms with van der Waals surface area (Å²) in [6, 6.07) is 18.3. The zero-order valence-corrected chi connectivity index (χ0v) is 21.5. The number of carbonyl (C=O) groups is 1. The molecule has 1 aromatic heterocycles. The molecular weight excluding hydrogens is 476 g/mol. The van der Waals surface area contributed by atoms with E-state index in [1.807, 2.05) is 36.4 Å². The number of methoxy groups -OCH3 is 1. The minimum Gasteiger partial charge on any atom is -0.497 e. The highest BCUT2D eigenvalue weighted by molar-refractivity contribution is 7.99. The van der Waals surface area contributed by atoms with Crippen molar-refractivity contribution in [2.45, 2.75) is 37.3 Å². The molecule has 0 radical (unpaired) electrons. The Morgan fingerprint density at radius 1 is 1.06 bits per heavy atom. The number of aromatic nitrogens is 2. The van der Waals surface area contributed by atoms with E-state index in [0.29, 0.717) is 24.2 Å². The third-order valence-electron chi connectivity index (χ3n) is 6.62. The van der Waals surface area contributed by atoms with Crippen LogP contribution in [0.5, 0.6) is 5.75 Å². The Kier molecular flexibility index (Phi) is 9.44. The summed E-state index contributed by atoms with van der Waals surface area (Å²) >= 11 is 1.63. The number of benzene rings is 2. The fourth-order valence-electron chi connectivity index (χ4n) is 4.83. The maximum atomic E-state index is 10.7. The number of nitrogens with zero attached hydrogens (tertiary/aromatic N) is 2. The molecule has 1 fully saturated rings. The lowest BCUT2D eigenvalue weighted by molar-refractivity contribution is -0.142. The molecular formula is C28H34N2O5S. The van der Waals surface area contributed by atoms with Crippen molar-refractivity contribution in [3.63, 3.8) is 0 Å². The van der Waals surface area contributed by atoms with E-state index in [9.17, 15) is 9.90 Å². The van der Waals surface area contributed by atoms with Crippen LogP contribution in [0.25, 0.3) is 22.4 Å². The predicted molar refractivity (Wildman–Crippen MR) is 141 cm³/mol. The van der Waals surface area contributed by atoms with Crippen molar-refractivity contribution in [2.24, 2.45) is 11.8 Å². The van der Waals surface area contributed by atoms with E-state index in [2.05, 4.69) is 22.9 Å². The monoisotopic (exact) mass is 510 g/mol. The fraction of sp³-hybridized carbons (Fsp3) is 0.429. The van der Waals surface area contributed by atoms with Gasteiger partial charge in [0.05, 0.1) is 20.3 Å². The normalized spacial score (nSPS) is 17.7. The van der Waals surface area contributed by atoms with Crippen LogP contribution in [0.1, 0.15) is 25.7 Å². The highest BCUT2D eigenvalue weighted by Crippen LogP contribution is 2.41. The zero-order valence-electron chi connectivity index (χ0n) is 20.6. The zero-order chi connectivity index (χ0) is 25.3. The van der Waals surface area contributed by atoms with Crippen molar-refractivity contribution >= 4 is 17.7 Å². The van der Waals surface area contributed by atoms with Gasteiger partial charge >= 0.3 is 5.97 Å². The SMILES string of the molecule is COc1cccc(-c2c(-c3ccccc3)nn(C[C@H]3CC[C@@H](COCC(=O)O)CC3)c2SCCO)c1. The number of thioether (sulfide) groups is 1. The number of carboxylic acids is 1. The summed E-state index contributed by atoms with van der Waals surface area (Å²) in [6.45, 7) is 1.18. The Hall–Kier alpha value is -2.81. The van der Waals surface area contributed by atoms with Gasteiger partial charge in [-0.25, -0.2) is 4.79 Å². The highest BCUT2D eigenvalue weighted by Gasteiger charge is 2.26. The molecule has 0 aliphatic heterocycles. The molecule has 3 aromatic rings. The second-order valence-corrected chi connectivity index (χ2v) is 10.3. The molecule has 1 heterocycles. The number of carboxylic acid groups (broad SMARTS) is 1. The molecule has 0 atom stereocenters. The van der Waals surface area contributed by atoms with Crippen molar-refractivity contribution in [1.82, 2.24) is 9.78 Å². The summed E-state index contributed by atoms with van der Waals surface area (Å²) in [7, 11) is 1.67. The van der Waals surface area contributed by atoms with Crippen molar-refractivity contribution < 1.29 is 24.5 Å². The molecule has 0 saturated heterocycles. The van der Waals surface area contributed by atoms with Gasteiger partial charge in [-0.05, 0) is 55.2 Å². The number of aliphatic carboxylic acids is 1. The van der Waals surface area contributed by atoms with E-state index in [1.165, 1.54) is 0 Å². The fourth-order valence-corrected chi connectivity index (χ4v) is 5.74. The summed E-state index contributed by atoms with van der Waals surface area (Å²) < 4.78 is 13.0. The van der Waals surface area contributed by atoms with E-state index in [-0.39, 0.29) is 13.2 Å². The Morgan fingerprint density at radius 2 is 1.78 bits per heavy atom. The van der Waals surface area contributed by atoms with Gasteiger partial charge in [0.2, 0.25) is 0 Å². The van der Waals surface area contributed by atoms with Gasteiger partial charge < -0.3 is 19.7 Å². The average Bonchev–Trinajstić information content (AvgIpc) is 3.26.